The minimum Gasteiger partial charge on any atom is -0.326 e. The molecule has 2 aromatic carbocycles. The summed E-state index contributed by atoms with van der Waals surface area (Å²) >= 11 is 0. The molecule has 0 spiro atoms. The molecule has 0 aliphatic carbocycles. The van der Waals surface area contributed by atoms with Gasteiger partial charge in [-0.15, -0.1) is 0 Å². The summed E-state index contributed by atoms with van der Waals surface area (Å²) < 4.78 is 0. The highest BCUT2D eigenvalue weighted by Gasteiger charge is 2.11. The molecule has 26 heavy (non-hydrogen) atoms. The number of rotatable bonds is 5. The molecule has 1 aliphatic heterocycles. The molecule has 5 heteroatoms. The van der Waals surface area contributed by atoms with Gasteiger partial charge in [0.25, 0.3) is 5.91 Å². The van der Waals surface area contributed by atoms with E-state index in [1.165, 1.54) is 31.7 Å². The quantitative estimate of drug-likeness (QED) is 0.859. The lowest BCUT2D eigenvalue weighted by molar-refractivity contribution is -0.114. The summed E-state index contributed by atoms with van der Waals surface area (Å²) in [7, 11) is 0. The molecule has 0 aromatic heterocycles. The number of anilines is 2. The van der Waals surface area contributed by atoms with Crippen molar-refractivity contribution in [3.8, 4) is 0 Å². The highest BCUT2D eigenvalue weighted by atomic mass is 16.2. The monoisotopic (exact) mass is 351 g/mol. The summed E-state index contributed by atoms with van der Waals surface area (Å²) in [6, 6.07) is 14.9. The molecule has 3 rings (SSSR count). The maximum Gasteiger partial charge on any atom is 0.255 e. The maximum atomic E-state index is 12.4. The number of likely N-dealkylation sites (tertiary alicyclic amines) is 1. The van der Waals surface area contributed by atoms with E-state index >= 15 is 0 Å². The van der Waals surface area contributed by atoms with Crippen LogP contribution in [-0.4, -0.2) is 29.8 Å². The van der Waals surface area contributed by atoms with Gasteiger partial charge in [0.05, 0.1) is 0 Å². The largest absolute Gasteiger partial charge is 0.326 e. The first-order chi connectivity index (χ1) is 12.6. The Hall–Kier alpha value is -2.66. The van der Waals surface area contributed by atoms with Gasteiger partial charge in [-0.25, -0.2) is 0 Å². The molecule has 0 unspecified atom stereocenters. The molecule has 1 aliphatic rings. The predicted molar refractivity (Wildman–Crippen MR) is 104 cm³/mol. The first-order valence-electron chi connectivity index (χ1n) is 9.10. The van der Waals surface area contributed by atoms with Crippen LogP contribution in [0.4, 0.5) is 11.4 Å². The number of nitrogens with one attached hydrogen (secondary N) is 2. The topological polar surface area (TPSA) is 61.4 Å². The molecule has 5 nitrogen and oxygen atoms in total. The Morgan fingerprint density at radius 3 is 2.23 bits per heavy atom. The van der Waals surface area contributed by atoms with Crippen LogP contribution in [0.5, 0.6) is 0 Å². The van der Waals surface area contributed by atoms with Gasteiger partial charge in [-0.05, 0) is 61.8 Å². The molecule has 0 saturated carbocycles. The number of carbonyl (C=O) groups is 2. The standard InChI is InChI=1S/C21H25N3O2/c1-16(25)22-19-6-5-7-20(14-19)23-21(26)18-10-8-17(9-11-18)15-24-12-3-2-4-13-24/h5-11,14H,2-4,12-13,15H2,1H3,(H,22,25)(H,23,26). The van der Waals surface area contributed by atoms with Crippen LogP contribution in [0.1, 0.15) is 42.1 Å². The van der Waals surface area contributed by atoms with Crippen molar-refractivity contribution < 1.29 is 9.59 Å². The zero-order valence-electron chi connectivity index (χ0n) is 15.1. The summed E-state index contributed by atoms with van der Waals surface area (Å²) in [4.78, 5) is 26.0. The van der Waals surface area contributed by atoms with Crippen molar-refractivity contribution in [1.29, 1.82) is 0 Å². The normalized spacial score (nSPS) is 14.7. The van der Waals surface area contributed by atoms with Crippen molar-refractivity contribution >= 4 is 23.2 Å². The van der Waals surface area contributed by atoms with Crippen LogP contribution in [0.2, 0.25) is 0 Å². The van der Waals surface area contributed by atoms with E-state index in [0.29, 0.717) is 16.9 Å². The van der Waals surface area contributed by atoms with Gasteiger partial charge in [-0.2, -0.15) is 0 Å². The number of carbonyl (C=O) groups excluding carboxylic acids is 2. The van der Waals surface area contributed by atoms with E-state index in [9.17, 15) is 9.59 Å². The van der Waals surface area contributed by atoms with Gasteiger partial charge in [0.2, 0.25) is 5.91 Å². The first kappa shape index (κ1) is 18.1. The Morgan fingerprint density at radius 1 is 0.923 bits per heavy atom. The van der Waals surface area contributed by atoms with Crippen LogP contribution in [0.15, 0.2) is 48.5 Å². The van der Waals surface area contributed by atoms with E-state index in [2.05, 4.69) is 15.5 Å². The van der Waals surface area contributed by atoms with Gasteiger partial charge in [-0.1, -0.05) is 24.6 Å². The lowest BCUT2D eigenvalue weighted by atomic mass is 10.1. The van der Waals surface area contributed by atoms with Crippen molar-refractivity contribution in [3.05, 3.63) is 59.7 Å². The molecule has 0 atom stereocenters. The molecule has 0 bridgehead atoms. The van der Waals surface area contributed by atoms with Crippen LogP contribution in [0.3, 0.4) is 0 Å². The van der Waals surface area contributed by atoms with E-state index in [1.54, 1.807) is 24.3 Å². The number of amides is 2. The SMILES string of the molecule is CC(=O)Nc1cccc(NC(=O)c2ccc(CN3CCCCC3)cc2)c1. The van der Waals surface area contributed by atoms with Crippen molar-refractivity contribution in [3.63, 3.8) is 0 Å². The molecule has 2 aromatic rings. The highest BCUT2D eigenvalue weighted by Crippen LogP contribution is 2.17. The molecule has 1 heterocycles. The minimum absolute atomic E-state index is 0.141. The Balaban J connectivity index is 1.60. The Bertz CT molecular complexity index is 765. The Kier molecular flexibility index (Phi) is 6.02. The van der Waals surface area contributed by atoms with Gasteiger partial charge in [0.1, 0.15) is 0 Å². The summed E-state index contributed by atoms with van der Waals surface area (Å²) in [5, 5.41) is 5.58. The number of hydrogen-bond donors (Lipinski definition) is 2. The fraction of sp³-hybridized carbons (Fsp3) is 0.333. The van der Waals surface area contributed by atoms with Gasteiger partial charge in [-0.3, -0.25) is 14.5 Å². The van der Waals surface area contributed by atoms with Crippen molar-refractivity contribution in [1.82, 2.24) is 4.90 Å². The summed E-state index contributed by atoms with van der Waals surface area (Å²) in [5.74, 6) is -0.299. The summed E-state index contributed by atoms with van der Waals surface area (Å²) in [5.41, 5.74) is 3.17. The lowest BCUT2D eigenvalue weighted by Crippen LogP contribution is -2.29. The molecule has 136 valence electrons. The molecular weight excluding hydrogens is 326 g/mol. The second-order valence-electron chi connectivity index (χ2n) is 6.75. The zero-order valence-corrected chi connectivity index (χ0v) is 15.1. The molecule has 2 N–H and O–H groups in total. The number of nitrogens with zero attached hydrogens (tertiary/aromatic N) is 1. The fourth-order valence-electron chi connectivity index (χ4n) is 3.22. The summed E-state index contributed by atoms with van der Waals surface area (Å²) in [6.45, 7) is 4.72. The van der Waals surface area contributed by atoms with Crippen LogP contribution < -0.4 is 10.6 Å². The van der Waals surface area contributed by atoms with E-state index in [1.807, 2.05) is 24.3 Å². The maximum absolute atomic E-state index is 12.4. The van der Waals surface area contributed by atoms with Crippen molar-refractivity contribution in [2.24, 2.45) is 0 Å². The number of piperidine rings is 1. The van der Waals surface area contributed by atoms with E-state index in [-0.39, 0.29) is 11.8 Å². The second kappa shape index (κ2) is 8.63. The predicted octanol–water partition coefficient (Wildman–Crippen LogP) is 3.88. The summed E-state index contributed by atoms with van der Waals surface area (Å²) in [6.07, 6.45) is 3.88. The second-order valence-corrected chi connectivity index (χ2v) is 6.75. The Morgan fingerprint density at radius 2 is 1.58 bits per heavy atom. The highest BCUT2D eigenvalue weighted by molar-refractivity contribution is 6.04. The van der Waals surface area contributed by atoms with E-state index in [0.717, 1.165) is 19.6 Å². The number of benzene rings is 2. The average Bonchev–Trinajstić information content (AvgIpc) is 2.63. The third-order valence-electron chi connectivity index (χ3n) is 4.51. The lowest BCUT2D eigenvalue weighted by Gasteiger charge is -2.26. The molecule has 1 saturated heterocycles. The first-order valence-corrected chi connectivity index (χ1v) is 9.10. The smallest absolute Gasteiger partial charge is 0.255 e. The molecular formula is C21H25N3O2. The van der Waals surface area contributed by atoms with Gasteiger partial charge < -0.3 is 10.6 Å². The molecule has 2 amide bonds. The third kappa shape index (κ3) is 5.17. The van der Waals surface area contributed by atoms with E-state index < -0.39 is 0 Å². The number of hydrogen-bond acceptors (Lipinski definition) is 3. The van der Waals surface area contributed by atoms with Crippen LogP contribution in [0, 0.1) is 0 Å². The van der Waals surface area contributed by atoms with Crippen LogP contribution in [-0.2, 0) is 11.3 Å². The molecule has 1 fully saturated rings. The average molecular weight is 351 g/mol. The molecule has 0 radical (unpaired) electrons. The third-order valence-corrected chi connectivity index (χ3v) is 4.51. The minimum atomic E-state index is -0.158. The van der Waals surface area contributed by atoms with E-state index in [4.69, 9.17) is 0 Å². The van der Waals surface area contributed by atoms with Crippen molar-refractivity contribution in [2.45, 2.75) is 32.7 Å². The fourth-order valence-corrected chi connectivity index (χ4v) is 3.22. The zero-order chi connectivity index (χ0) is 18.4. The van der Waals surface area contributed by atoms with Gasteiger partial charge in [0, 0.05) is 30.4 Å². The van der Waals surface area contributed by atoms with Crippen molar-refractivity contribution in [2.75, 3.05) is 23.7 Å². The van der Waals surface area contributed by atoms with Crippen LogP contribution >= 0.6 is 0 Å². The Labute approximate surface area is 154 Å². The van der Waals surface area contributed by atoms with Gasteiger partial charge >= 0.3 is 0 Å². The van der Waals surface area contributed by atoms with Crippen LogP contribution in [0.25, 0.3) is 0 Å². The van der Waals surface area contributed by atoms with Gasteiger partial charge in [0.15, 0.2) is 0 Å².